The van der Waals surface area contributed by atoms with E-state index in [2.05, 4.69) is 6.07 Å². The van der Waals surface area contributed by atoms with E-state index >= 15 is 0 Å². The number of rotatable bonds is 4. The van der Waals surface area contributed by atoms with E-state index in [4.69, 9.17) is 4.74 Å². The van der Waals surface area contributed by atoms with Gasteiger partial charge in [0, 0.05) is 18.0 Å². The average molecular weight is 437 g/mol. The van der Waals surface area contributed by atoms with Crippen LogP contribution in [0.5, 0.6) is 0 Å². The molecule has 2 heterocycles. The first-order valence-electron chi connectivity index (χ1n) is 9.86. The Morgan fingerprint density at radius 3 is 2.77 bits per heavy atom. The maximum absolute atomic E-state index is 13.3. The zero-order valence-corrected chi connectivity index (χ0v) is 17.7. The van der Waals surface area contributed by atoms with Crippen LogP contribution in [0.4, 0.5) is 10.1 Å². The number of thioether (sulfide) groups is 1. The molecule has 0 spiro atoms. The van der Waals surface area contributed by atoms with Gasteiger partial charge in [0.1, 0.15) is 5.82 Å². The monoisotopic (exact) mass is 437 g/mol. The Balaban J connectivity index is 1.61. The van der Waals surface area contributed by atoms with Crippen molar-refractivity contribution in [3.63, 3.8) is 0 Å². The van der Waals surface area contributed by atoms with Gasteiger partial charge in [-0.3, -0.25) is 9.69 Å². The SMILES string of the molecule is CCOC(=O)c1cccc(N2CSC3=C(C#N)[C@H](c4ccc(F)cc4)CC(=O)N3C2)c1. The molecule has 158 valence electrons. The van der Waals surface area contributed by atoms with Crippen LogP contribution in [0.2, 0.25) is 0 Å². The minimum atomic E-state index is -0.391. The molecule has 2 aliphatic heterocycles. The van der Waals surface area contributed by atoms with E-state index in [0.717, 1.165) is 11.3 Å². The molecule has 1 fully saturated rings. The molecule has 0 unspecified atom stereocenters. The van der Waals surface area contributed by atoms with Gasteiger partial charge in [-0.25, -0.2) is 9.18 Å². The summed E-state index contributed by atoms with van der Waals surface area (Å²) in [6.07, 6.45) is 0.148. The molecule has 1 amide bonds. The number of halogens is 1. The fourth-order valence-electron chi connectivity index (χ4n) is 3.75. The highest BCUT2D eigenvalue weighted by atomic mass is 32.2. The summed E-state index contributed by atoms with van der Waals surface area (Å²) in [5, 5.41) is 10.5. The first kappa shape index (κ1) is 20.9. The number of ether oxygens (including phenoxy) is 1. The maximum atomic E-state index is 13.3. The van der Waals surface area contributed by atoms with Gasteiger partial charge >= 0.3 is 5.97 Å². The summed E-state index contributed by atoms with van der Waals surface area (Å²) in [7, 11) is 0. The average Bonchev–Trinajstić information content (AvgIpc) is 2.79. The van der Waals surface area contributed by atoms with E-state index in [-0.39, 0.29) is 30.7 Å². The van der Waals surface area contributed by atoms with Crippen molar-refractivity contribution in [2.45, 2.75) is 19.3 Å². The molecular formula is C23H20FN3O3S. The number of carbonyl (C=O) groups is 2. The van der Waals surface area contributed by atoms with Gasteiger partial charge < -0.3 is 9.64 Å². The van der Waals surface area contributed by atoms with Crippen molar-refractivity contribution >= 4 is 29.3 Å². The highest BCUT2D eigenvalue weighted by molar-refractivity contribution is 8.03. The summed E-state index contributed by atoms with van der Waals surface area (Å²) in [4.78, 5) is 28.6. The van der Waals surface area contributed by atoms with Crippen LogP contribution in [0.15, 0.2) is 59.1 Å². The zero-order valence-electron chi connectivity index (χ0n) is 16.9. The van der Waals surface area contributed by atoms with Gasteiger partial charge in [-0.2, -0.15) is 5.26 Å². The van der Waals surface area contributed by atoms with Gasteiger partial charge in [0.2, 0.25) is 5.91 Å². The van der Waals surface area contributed by atoms with Crippen molar-refractivity contribution in [1.29, 1.82) is 5.26 Å². The summed E-state index contributed by atoms with van der Waals surface area (Å²) in [6, 6.07) is 15.3. The van der Waals surface area contributed by atoms with E-state index in [1.165, 1.54) is 23.9 Å². The topological polar surface area (TPSA) is 73.6 Å². The van der Waals surface area contributed by atoms with E-state index in [0.29, 0.717) is 28.6 Å². The first-order chi connectivity index (χ1) is 15.0. The van der Waals surface area contributed by atoms with Gasteiger partial charge in [0.05, 0.1) is 41.4 Å². The second-order valence-corrected chi connectivity index (χ2v) is 8.12. The standard InChI is InChI=1S/C23H20FN3O3S/c1-2-30-23(29)16-4-3-5-18(10-16)26-13-27-21(28)11-19(15-6-8-17(24)9-7-15)20(12-25)22(27)31-14-26/h3-10,19H,2,11,13-14H2,1H3/t19-/m0/s1. The fraction of sp³-hybridized carbons (Fsp3) is 0.261. The van der Waals surface area contributed by atoms with Crippen molar-refractivity contribution in [2.24, 2.45) is 0 Å². The van der Waals surface area contributed by atoms with Crippen molar-refractivity contribution < 1.29 is 18.7 Å². The van der Waals surface area contributed by atoms with Gasteiger partial charge in [-0.1, -0.05) is 30.0 Å². The summed E-state index contributed by atoms with van der Waals surface area (Å²) < 4.78 is 18.4. The molecule has 0 aliphatic carbocycles. The number of fused-ring (bicyclic) bond motifs is 1. The van der Waals surface area contributed by atoms with Crippen LogP contribution in [0.25, 0.3) is 0 Å². The highest BCUT2D eigenvalue weighted by Crippen LogP contribution is 2.43. The van der Waals surface area contributed by atoms with Gasteiger partial charge in [0.25, 0.3) is 0 Å². The second-order valence-electron chi connectivity index (χ2n) is 7.19. The molecule has 2 aliphatic rings. The Morgan fingerprint density at radius 2 is 2.06 bits per heavy atom. The third kappa shape index (κ3) is 4.14. The molecule has 8 heteroatoms. The molecule has 1 saturated heterocycles. The molecule has 0 N–H and O–H groups in total. The molecule has 0 saturated carbocycles. The third-order valence-electron chi connectivity index (χ3n) is 5.29. The molecular weight excluding hydrogens is 417 g/mol. The van der Waals surface area contributed by atoms with Crippen LogP contribution >= 0.6 is 11.8 Å². The Bertz CT molecular complexity index is 1090. The van der Waals surface area contributed by atoms with Crippen molar-refractivity contribution in [1.82, 2.24) is 4.90 Å². The van der Waals surface area contributed by atoms with Crippen molar-refractivity contribution in [3.8, 4) is 6.07 Å². The smallest absolute Gasteiger partial charge is 0.338 e. The number of amides is 1. The van der Waals surface area contributed by atoms with Crippen molar-refractivity contribution in [2.75, 3.05) is 24.1 Å². The maximum Gasteiger partial charge on any atom is 0.338 e. The van der Waals surface area contributed by atoms with E-state index in [9.17, 15) is 19.2 Å². The lowest BCUT2D eigenvalue weighted by Gasteiger charge is -2.42. The third-order valence-corrected chi connectivity index (χ3v) is 6.44. The molecule has 6 nitrogen and oxygen atoms in total. The van der Waals surface area contributed by atoms with Crippen LogP contribution in [-0.4, -0.2) is 35.9 Å². The number of hydrogen-bond donors (Lipinski definition) is 0. The predicted molar refractivity (Wildman–Crippen MR) is 115 cm³/mol. The number of benzene rings is 2. The molecule has 0 radical (unpaired) electrons. The number of hydrogen-bond acceptors (Lipinski definition) is 6. The van der Waals surface area contributed by atoms with E-state index in [1.807, 2.05) is 11.0 Å². The Hall–Kier alpha value is -3.31. The Kier molecular flexibility index (Phi) is 5.96. The Labute approximate surface area is 183 Å². The van der Waals surface area contributed by atoms with Crippen LogP contribution in [0, 0.1) is 17.1 Å². The van der Waals surface area contributed by atoms with E-state index < -0.39 is 5.97 Å². The molecule has 1 atom stereocenters. The van der Waals surface area contributed by atoms with Crippen molar-refractivity contribution in [3.05, 3.63) is 76.1 Å². The van der Waals surface area contributed by atoms with Gasteiger partial charge in [-0.15, -0.1) is 0 Å². The van der Waals surface area contributed by atoms with Crippen LogP contribution in [0.1, 0.15) is 35.2 Å². The van der Waals surface area contributed by atoms with Crippen LogP contribution in [-0.2, 0) is 9.53 Å². The number of anilines is 1. The largest absolute Gasteiger partial charge is 0.462 e. The normalized spacial score (nSPS) is 18.5. The summed E-state index contributed by atoms with van der Waals surface area (Å²) in [5.41, 5.74) is 2.52. The second kappa shape index (κ2) is 8.82. The van der Waals surface area contributed by atoms with Crippen LogP contribution < -0.4 is 4.90 Å². The first-order valence-corrected chi connectivity index (χ1v) is 10.9. The molecule has 0 aromatic heterocycles. The number of carbonyl (C=O) groups excluding carboxylic acids is 2. The molecule has 0 bridgehead atoms. The lowest BCUT2D eigenvalue weighted by atomic mass is 9.86. The van der Waals surface area contributed by atoms with E-state index in [1.54, 1.807) is 42.2 Å². The summed E-state index contributed by atoms with van der Waals surface area (Å²) in [5.74, 6) is -0.700. The molecule has 31 heavy (non-hydrogen) atoms. The number of allylic oxidation sites excluding steroid dienone is 1. The minimum absolute atomic E-state index is 0.0953. The van der Waals surface area contributed by atoms with Gasteiger partial charge in [0.15, 0.2) is 0 Å². The summed E-state index contributed by atoms with van der Waals surface area (Å²) >= 11 is 1.41. The van der Waals surface area contributed by atoms with Gasteiger partial charge in [-0.05, 0) is 42.8 Å². The molecule has 2 aromatic rings. The molecule has 4 rings (SSSR count). The number of nitriles is 1. The number of esters is 1. The predicted octanol–water partition coefficient (Wildman–Crippen LogP) is 4.22. The minimum Gasteiger partial charge on any atom is -0.462 e. The molecule has 2 aromatic carbocycles. The van der Waals surface area contributed by atoms with Crippen LogP contribution in [0.3, 0.4) is 0 Å². The quantitative estimate of drug-likeness (QED) is 0.667. The zero-order chi connectivity index (χ0) is 22.0. The highest BCUT2D eigenvalue weighted by Gasteiger charge is 2.38. The summed E-state index contributed by atoms with van der Waals surface area (Å²) in [6.45, 7) is 2.34. The fourth-order valence-corrected chi connectivity index (χ4v) is 4.92. The lowest BCUT2D eigenvalue weighted by molar-refractivity contribution is -0.129. The Morgan fingerprint density at radius 1 is 1.29 bits per heavy atom. The number of nitrogens with zero attached hydrogens (tertiary/aromatic N) is 3. The lowest BCUT2D eigenvalue weighted by Crippen LogP contribution is -2.47.